The van der Waals surface area contributed by atoms with Gasteiger partial charge in [0.25, 0.3) is 0 Å². The Morgan fingerprint density at radius 3 is 2.72 bits per heavy atom. The van der Waals surface area contributed by atoms with Crippen LogP contribution in [0.25, 0.3) is 0 Å². The predicted octanol–water partition coefficient (Wildman–Crippen LogP) is 2.66. The van der Waals surface area contributed by atoms with Gasteiger partial charge in [0, 0.05) is 23.9 Å². The van der Waals surface area contributed by atoms with Gasteiger partial charge in [0.2, 0.25) is 0 Å². The molecule has 1 rings (SSSR count). The molecule has 0 bridgehead atoms. The lowest BCUT2D eigenvalue weighted by molar-refractivity contribution is -0.138. The first-order chi connectivity index (χ1) is 8.38. The van der Waals surface area contributed by atoms with E-state index < -0.39 is 23.4 Å². The molecule has 1 unspecified atom stereocenters. The average molecular weight is 260 g/mol. The molecule has 0 saturated carbocycles. The van der Waals surface area contributed by atoms with Crippen LogP contribution in [0.1, 0.15) is 35.7 Å². The maximum absolute atomic E-state index is 12.7. The fourth-order valence-electron chi connectivity index (χ4n) is 1.66. The van der Waals surface area contributed by atoms with Crippen LogP contribution in [-0.4, -0.2) is 17.3 Å². The minimum Gasteiger partial charge on any atom is -0.330 e. The number of nitrogens with two attached hydrogens (primary N) is 1. The number of carbonyl (C=O) groups excluding carboxylic acids is 1. The van der Waals surface area contributed by atoms with Crippen LogP contribution >= 0.6 is 0 Å². The third kappa shape index (κ3) is 3.53. The van der Waals surface area contributed by atoms with Crippen molar-refractivity contribution in [1.82, 2.24) is 4.98 Å². The van der Waals surface area contributed by atoms with E-state index in [0.29, 0.717) is 19.4 Å². The van der Waals surface area contributed by atoms with Gasteiger partial charge in [-0.1, -0.05) is 6.92 Å². The van der Waals surface area contributed by atoms with Crippen molar-refractivity contribution in [1.29, 1.82) is 0 Å². The highest BCUT2D eigenvalue weighted by Crippen LogP contribution is 2.32. The molecule has 2 N–H and O–H groups in total. The Bertz CT molecular complexity index is 418. The molecular formula is C12H15F3N2O. The van der Waals surface area contributed by atoms with Crippen LogP contribution in [0.4, 0.5) is 13.2 Å². The number of hydrogen-bond acceptors (Lipinski definition) is 3. The number of hydrogen-bond donors (Lipinski definition) is 1. The van der Waals surface area contributed by atoms with Gasteiger partial charge < -0.3 is 5.73 Å². The number of ketones is 1. The first-order valence-electron chi connectivity index (χ1n) is 5.63. The molecule has 100 valence electrons. The second-order valence-corrected chi connectivity index (χ2v) is 4.12. The maximum Gasteiger partial charge on any atom is 0.417 e. The molecule has 6 heteroatoms. The van der Waals surface area contributed by atoms with Crippen molar-refractivity contribution in [3.8, 4) is 0 Å². The molecule has 0 aliphatic heterocycles. The maximum atomic E-state index is 12.7. The van der Waals surface area contributed by atoms with Crippen LogP contribution in [0.5, 0.6) is 0 Å². The fourth-order valence-corrected chi connectivity index (χ4v) is 1.66. The molecule has 0 fully saturated rings. The average Bonchev–Trinajstić information content (AvgIpc) is 2.34. The van der Waals surface area contributed by atoms with E-state index in [1.54, 1.807) is 6.92 Å². The SMILES string of the molecule is CC(CCCN)C(=O)c1cnccc1C(F)(F)F. The van der Waals surface area contributed by atoms with E-state index in [9.17, 15) is 18.0 Å². The van der Waals surface area contributed by atoms with Gasteiger partial charge in [-0.15, -0.1) is 0 Å². The minimum absolute atomic E-state index is 0.366. The molecule has 0 saturated heterocycles. The van der Waals surface area contributed by atoms with Gasteiger partial charge >= 0.3 is 6.18 Å². The molecule has 3 nitrogen and oxygen atoms in total. The summed E-state index contributed by atoms with van der Waals surface area (Å²) >= 11 is 0. The number of nitrogens with zero attached hydrogens (tertiary/aromatic N) is 1. The fraction of sp³-hybridized carbons (Fsp3) is 0.500. The standard InChI is InChI=1S/C12H15F3N2O/c1-8(3-2-5-16)11(18)9-7-17-6-4-10(9)12(13,14)15/h4,6-8H,2-3,5,16H2,1H3. The lowest BCUT2D eigenvalue weighted by atomic mass is 9.93. The monoisotopic (exact) mass is 260 g/mol. The van der Waals surface area contributed by atoms with Crippen LogP contribution in [0.15, 0.2) is 18.5 Å². The van der Waals surface area contributed by atoms with Crippen molar-refractivity contribution >= 4 is 5.78 Å². The Morgan fingerprint density at radius 1 is 1.50 bits per heavy atom. The van der Waals surface area contributed by atoms with Crippen molar-refractivity contribution in [3.05, 3.63) is 29.6 Å². The van der Waals surface area contributed by atoms with Crippen molar-refractivity contribution in [2.45, 2.75) is 25.9 Å². The zero-order valence-electron chi connectivity index (χ0n) is 10.00. The summed E-state index contributed by atoms with van der Waals surface area (Å²) in [5.74, 6) is -1.03. The van der Waals surface area contributed by atoms with E-state index in [1.807, 2.05) is 0 Å². The summed E-state index contributed by atoms with van der Waals surface area (Å²) in [4.78, 5) is 15.5. The molecule has 1 aromatic heterocycles. The smallest absolute Gasteiger partial charge is 0.330 e. The van der Waals surface area contributed by atoms with Gasteiger partial charge in [-0.2, -0.15) is 13.2 Å². The summed E-state index contributed by atoms with van der Waals surface area (Å²) in [6.07, 6.45) is -1.45. The normalized spacial score (nSPS) is 13.4. The molecule has 18 heavy (non-hydrogen) atoms. The number of Topliss-reactive ketones (excluding diaryl/α,β-unsaturated/α-hetero) is 1. The first-order valence-corrected chi connectivity index (χ1v) is 5.63. The highest BCUT2D eigenvalue weighted by molar-refractivity contribution is 5.98. The van der Waals surface area contributed by atoms with Gasteiger partial charge in [0.15, 0.2) is 5.78 Å². The number of rotatable bonds is 5. The van der Waals surface area contributed by atoms with Crippen LogP contribution in [0.2, 0.25) is 0 Å². The first kappa shape index (κ1) is 14.6. The van der Waals surface area contributed by atoms with Gasteiger partial charge in [0.1, 0.15) is 0 Å². The summed E-state index contributed by atoms with van der Waals surface area (Å²) < 4.78 is 38.2. The molecule has 1 heterocycles. The lowest BCUT2D eigenvalue weighted by Crippen LogP contribution is -2.19. The molecule has 0 aliphatic rings. The molecule has 0 aliphatic carbocycles. The van der Waals surface area contributed by atoms with E-state index in [-0.39, 0.29) is 5.56 Å². The Kier molecular flexibility index (Phi) is 4.84. The minimum atomic E-state index is -4.54. The van der Waals surface area contributed by atoms with Crippen LogP contribution in [-0.2, 0) is 6.18 Å². The number of halogens is 3. The molecule has 0 radical (unpaired) electrons. The quantitative estimate of drug-likeness (QED) is 0.828. The van der Waals surface area contributed by atoms with Gasteiger partial charge in [-0.05, 0) is 25.5 Å². The second kappa shape index (κ2) is 5.95. The van der Waals surface area contributed by atoms with Crippen LogP contribution in [0, 0.1) is 5.92 Å². The Hall–Kier alpha value is -1.43. The van der Waals surface area contributed by atoms with E-state index in [2.05, 4.69) is 4.98 Å². The Labute approximate surface area is 103 Å². The number of aromatic nitrogens is 1. The van der Waals surface area contributed by atoms with E-state index in [0.717, 1.165) is 18.5 Å². The predicted molar refractivity (Wildman–Crippen MR) is 61.0 cm³/mol. The van der Waals surface area contributed by atoms with Gasteiger partial charge in [0.05, 0.1) is 5.56 Å². The van der Waals surface area contributed by atoms with Crippen molar-refractivity contribution in [2.24, 2.45) is 11.7 Å². The van der Waals surface area contributed by atoms with Gasteiger partial charge in [-0.25, -0.2) is 0 Å². The van der Waals surface area contributed by atoms with Gasteiger partial charge in [-0.3, -0.25) is 9.78 Å². The number of carbonyl (C=O) groups is 1. The van der Waals surface area contributed by atoms with Crippen LogP contribution < -0.4 is 5.73 Å². The molecule has 1 atom stereocenters. The van der Waals surface area contributed by atoms with E-state index in [4.69, 9.17) is 5.73 Å². The summed E-state index contributed by atoms with van der Waals surface area (Å²) in [7, 11) is 0. The summed E-state index contributed by atoms with van der Waals surface area (Å²) in [5.41, 5.74) is 4.02. The summed E-state index contributed by atoms with van der Waals surface area (Å²) in [5, 5.41) is 0. The second-order valence-electron chi connectivity index (χ2n) is 4.12. The highest BCUT2D eigenvalue weighted by Gasteiger charge is 2.35. The van der Waals surface area contributed by atoms with E-state index in [1.165, 1.54) is 0 Å². The third-order valence-electron chi connectivity index (χ3n) is 2.68. The highest BCUT2D eigenvalue weighted by atomic mass is 19.4. The number of pyridine rings is 1. The molecule has 0 aromatic carbocycles. The lowest BCUT2D eigenvalue weighted by Gasteiger charge is -2.14. The Balaban J connectivity index is 2.99. The molecule has 0 amide bonds. The van der Waals surface area contributed by atoms with E-state index >= 15 is 0 Å². The Morgan fingerprint density at radius 2 is 2.17 bits per heavy atom. The van der Waals surface area contributed by atoms with Crippen molar-refractivity contribution < 1.29 is 18.0 Å². The molecule has 1 aromatic rings. The van der Waals surface area contributed by atoms with Crippen molar-refractivity contribution in [2.75, 3.05) is 6.54 Å². The largest absolute Gasteiger partial charge is 0.417 e. The summed E-state index contributed by atoms with van der Waals surface area (Å²) in [6.45, 7) is 2.02. The van der Waals surface area contributed by atoms with Crippen LogP contribution in [0.3, 0.4) is 0 Å². The number of alkyl halides is 3. The zero-order valence-corrected chi connectivity index (χ0v) is 10.00. The van der Waals surface area contributed by atoms with Crippen molar-refractivity contribution in [3.63, 3.8) is 0 Å². The topological polar surface area (TPSA) is 56.0 Å². The third-order valence-corrected chi connectivity index (χ3v) is 2.68. The zero-order chi connectivity index (χ0) is 13.8. The summed E-state index contributed by atoms with van der Waals surface area (Å²) in [6, 6.07) is 0.822. The molecular weight excluding hydrogens is 245 g/mol. The molecule has 0 spiro atoms.